The smallest absolute Gasteiger partial charge is 0.256 e. The van der Waals surface area contributed by atoms with Crippen molar-refractivity contribution < 1.29 is 19.1 Å². The van der Waals surface area contributed by atoms with Gasteiger partial charge in [-0.25, -0.2) is 4.98 Å². The first-order valence-corrected chi connectivity index (χ1v) is 9.47. The molecule has 1 saturated heterocycles. The molecule has 4 rings (SSSR count). The van der Waals surface area contributed by atoms with Crippen LogP contribution < -0.4 is 14.8 Å². The van der Waals surface area contributed by atoms with Crippen molar-refractivity contribution in [1.29, 1.82) is 0 Å². The molecular weight excluding hydrogens is 358 g/mol. The molecule has 1 N–H and O–H groups in total. The van der Waals surface area contributed by atoms with Crippen LogP contribution in [0.3, 0.4) is 0 Å². The number of nitrogens with zero attached hydrogens (tertiary/aromatic N) is 2. The fourth-order valence-electron chi connectivity index (χ4n) is 3.37. The summed E-state index contributed by atoms with van der Waals surface area (Å²) in [5.41, 5.74) is 0.422. The highest BCUT2D eigenvalue weighted by molar-refractivity contribution is 5.98. The van der Waals surface area contributed by atoms with Crippen LogP contribution in [0.5, 0.6) is 11.6 Å². The fourth-order valence-corrected chi connectivity index (χ4v) is 3.37. The van der Waals surface area contributed by atoms with Gasteiger partial charge in [-0.3, -0.25) is 9.59 Å². The number of pyridine rings is 1. The highest BCUT2D eigenvalue weighted by Crippen LogP contribution is 2.27. The topological polar surface area (TPSA) is 80.8 Å². The van der Waals surface area contributed by atoms with Gasteiger partial charge in [0, 0.05) is 24.7 Å². The van der Waals surface area contributed by atoms with E-state index in [1.807, 2.05) is 30.3 Å². The van der Waals surface area contributed by atoms with E-state index in [9.17, 15) is 9.59 Å². The Balaban J connectivity index is 1.52. The molecule has 0 spiro atoms. The van der Waals surface area contributed by atoms with E-state index in [1.165, 1.54) is 13.3 Å². The maximum atomic E-state index is 13.1. The summed E-state index contributed by atoms with van der Waals surface area (Å²) in [5.74, 6) is 0.822. The van der Waals surface area contributed by atoms with E-state index < -0.39 is 6.04 Å². The molecule has 2 fully saturated rings. The van der Waals surface area contributed by atoms with Gasteiger partial charge in [-0.1, -0.05) is 18.2 Å². The van der Waals surface area contributed by atoms with Crippen molar-refractivity contribution in [3.05, 3.63) is 54.2 Å². The standard InChI is InChI=1S/C21H23N3O4/c1-27-19-10-7-14(12-22-19)21(26)24-13-17(28-16-5-3-2-4-6-16)11-18(24)20(25)23-15-8-9-15/h2-7,10,12,15,17-18H,8-9,11,13H2,1H3,(H,23,25)/t17-,18-/m0/s1. The number of benzene rings is 1. The Kier molecular flexibility index (Phi) is 5.14. The number of carbonyl (C=O) groups is 2. The number of ether oxygens (including phenoxy) is 2. The van der Waals surface area contributed by atoms with E-state index in [0.717, 1.165) is 18.6 Å². The minimum Gasteiger partial charge on any atom is -0.488 e. The molecule has 2 amide bonds. The first kappa shape index (κ1) is 18.3. The third-order valence-electron chi connectivity index (χ3n) is 4.99. The Labute approximate surface area is 163 Å². The molecule has 2 aliphatic rings. The Morgan fingerprint density at radius 3 is 2.57 bits per heavy atom. The Hall–Kier alpha value is -3.09. The summed E-state index contributed by atoms with van der Waals surface area (Å²) in [6.45, 7) is 0.350. The van der Waals surface area contributed by atoms with E-state index >= 15 is 0 Å². The van der Waals surface area contributed by atoms with Gasteiger partial charge in [0.2, 0.25) is 11.8 Å². The minimum absolute atomic E-state index is 0.114. The Morgan fingerprint density at radius 1 is 1.14 bits per heavy atom. The summed E-state index contributed by atoms with van der Waals surface area (Å²) in [7, 11) is 1.52. The van der Waals surface area contributed by atoms with Crippen LogP contribution in [0.1, 0.15) is 29.6 Å². The van der Waals surface area contributed by atoms with E-state index in [-0.39, 0.29) is 24.0 Å². The summed E-state index contributed by atoms with van der Waals surface area (Å²) in [4.78, 5) is 31.5. The monoisotopic (exact) mass is 381 g/mol. The summed E-state index contributed by atoms with van der Waals surface area (Å²) < 4.78 is 11.1. The second-order valence-corrected chi connectivity index (χ2v) is 7.13. The van der Waals surface area contributed by atoms with Crippen molar-refractivity contribution in [2.24, 2.45) is 0 Å². The molecule has 0 unspecified atom stereocenters. The number of methoxy groups -OCH3 is 1. The molecule has 2 heterocycles. The fraction of sp³-hybridized carbons (Fsp3) is 0.381. The number of nitrogens with one attached hydrogen (secondary N) is 1. The van der Waals surface area contributed by atoms with Gasteiger partial charge in [-0.2, -0.15) is 0 Å². The highest BCUT2D eigenvalue weighted by atomic mass is 16.5. The molecule has 1 aliphatic heterocycles. The predicted octanol–water partition coefficient (Wildman–Crippen LogP) is 2.03. The van der Waals surface area contributed by atoms with Crippen molar-refractivity contribution in [3.8, 4) is 11.6 Å². The molecule has 7 nitrogen and oxygen atoms in total. The lowest BCUT2D eigenvalue weighted by molar-refractivity contribution is -0.125. The van der Waals surface area contributed by atoms with Crippen LogP contribution >= 0.6 is 0 Å². The van der Waals surface area contributed by atoms with Gasteiger partial charge in [0.25, 0.3) is 5.91 Å². The molecule has 2 aromatic rings. The molecule has 7 heteroatoms. The molecule has 2 atom stereocenters. The van der Waals surface area contributed by atoms with E-state index in [4.69, 9.17) is 9.47 Å². The third-order valence-corrected chi connectivity index (χ3v) is 4.99. The largest absolute Gasteiger partial charge is 0.488 e. The SMILES string of the molecule is COc1ccc(C(=O)N2C[C@@H](Oc3ccccc3)C[C@H]2C(=O)NC2CC2)cn1. The molecule has 146 valence electrons. The molecule has 1 aliphatic carbocycles. The Bertz CT molecular complexity index is 836. The van der Waals surface area contributed by atoms with Gasteiger partial charge in [0.1, 0.15) is 17.9 Å². The number of likely N-dealkylation sites (tertiary alicyclic amines) is 1. The van der Waals surface area contributed by atoms with Crippen LogP contribution in [-0.4, -0.2) is 53.5 Å². The second-order valence-electron chi connectivity index (χ2n) is 7.13. The Morgan fingerprint density at radius 2 is 1.93 bits per heavy atom. The van der Waals surface area contributed by atoms with Crippen LogP contribution in [0.15, 0.2) is 48.7 Å². The van der Waals surface area contributed by atoms with E-state index in [0.29, 0.717) is 24.4 Å². The number of rotatable bonds is 6. The number of hydrogen-bond acceptors (Lipinski definition) is 5. The van der Waals surface area contributed by atoms with E-state index in [2.05, 4.69) is 10.3 Å². The van der Waals surface area contributed by atoms with Gasteiger partial charge >= 0.3 is 0 Å². The van der Waals surface area contributed by atoms with Crippen LogP contribution in [-0.2, 0) is 4.79 Å². The number of hydrogen-bond donors (Lipinski definition) is 1. The molecule has 0 bridgehead atoms. The van der Waals surface area contributed by atoms with Crippen molar-refractivity contribution in [3.63, 3.8) is 0 Å². The first-order valence-electron chi connectivity index (χ1n) is 9.47. The average Bonchev–Trinajstić information content (AvgIpc) is 3.44. The van der Waals surface area contributed by atoms with Crippen LogP contribution in [0.25, 0.3) is 0 Å². The zero-order valence-electron chi connectivity index (χ0n) is 15.7. The highest BCUT2D eigenvalue weighted by Gasteiger charge is 2.42. The van der Waals surface area contributed by atoms with Gasteiger partial charge in [0.15, 0.2) is 0 Å². The van der Waals surface area contributed by atoms with Crippen LogP contribution in [0, 0.1) is 0 Å². The summed E-state index contributed by atoms with van der Waals surface area (Å²) in [6, 6.07) is 12.4. The predicted molar refractivity (Wildman–Crippen MR) is 102 cm³/mol. The van der Waals surface area contributed by atoms with Gasteiger partial charge in [0.05, 0.1) is 19.2 Å². The summed E-state index contributed by atoms with van der Waals surface area (Å²) in [6.07, 6.45) is 3.69. The lowest BCUT2D eigenvalue weighted by atomic mass is 10.1. The summed E-state index contributed by atoms with van der Waals surface area (Å²) >= 11 is 0. The number of carbonyl (C=O) groups excluding carboxylic acids is 2. The van der Waals surface area contributed by atoms with E-state index in [1.54, 1.807) is 17.0 Å². The number of aromatic nitrogens is 1. The first-order chi connectivity index (χ1) is 13.6. The maximum absolute atomic E-state index is 13.1. The third kappa shape index (κ3) is 4.08. The zero-order valence-corrected chi connectivity index (χ0v) is 15.7. The average molecular weight is 381 g/mol. The molecule has 1 aromatic heterocycles. The van der Waals surface area contributed by atoms with Crippen LogP contribution in [0.4, 0.5) is 0 Å². The summed E-state index contributed by atoms with van der Waals surface area (Å²) in [5, 5.41) is 3.01. The molecule has 0 radical (unpaired) electrons. The number of para-hydroxylation sites is 1. The van der Waals surface area contributed by atoms with Gasteiger partial charge in [-0.05, 0) is 31.0 Å². The van der Waals surface area contributed by atoms with Crippen molar-refractivity contribution in [1.82, 2.24) is 15.2 Å². The van der Waals surface area contributed by atoms with Crippen molar-refractivity contribution >= 4 is 11.8 Å². The van der Waals surface area contributed by atoms with Crippen molar-refractivity contribution in [2.75, 3.05) is 13.7 Å². The van der Waals surface area contributed by atoms with Crippen molar-refractivity contribution in [2.45, 2.75) is 37.5 Å². The number of amides is 2. The lowest BCUT2D eigenvalue weighted by Crippen LogP contribution is -2.46. The van der Waals surface area contributed by atoms with Gasteiger partial charge < -0.3 is 19.7 Å². The second kappa shape index (κ2) is 7.88. The van der Waals surface area contributed by atoms with Gasteiger partial charge in [-0.15, -0.1) is 0 Å². The zero-order chi connectivity index (χ0) is 19.5. The molecule has 28 heavy (non-hydrogen) atoms. The van der Waals surface area contributed by atoms with Crippen LogP contribution in [0.2, 0.25) is 0 Å². The minimum atomic E-state index is -0.552. The molecule has 1 saturated carbocycles. The maximum Gasteiger partial charge on any atom is 0.256 e. The molecular formula is C21H23N3O4. The normalized spacial score (nSPS) is 21.2. The lowest BCUT2D eigenvalue weighted by Gasteiger charge is -2.23. The quantitative estimate of drug-likeness (QED) is 0.828. The molecule has 1 aromatic carbocycles.